The molecule has 1 heterocycles. The normalized spacial score (nSPS) is 11.5. The molecule has 0 aliphatic heterocycles. The van der Waals surface area contributed by atoms with Gasteiger partial charge in [0.25, 0.3) is 0 Å². The second-order valence-corrected chi connectivity index (χ2v) is 7.98. The van der Waals surface area contributed by atoms with E-state index in [1.807, 2.05) is 0 Å². The fourth-order valence-corrected chi connectivity index (χ4v) is 4.15. The molecule has 144 valence electrons. The average Bonchev–Trinajstić information content (AvgIpc) is 2.97. The van der Waals surface area contributed by atoms with Crippen molar-refractivity contribution in [2.75, 3.05) is 11.9 Å². The van der Waals surface area contributed by atoms with Gasteiger partial charge in [-0.1, -0.05) is 49.6 Å². The molecular weight excluding hydrogens is 330 g/mol. The molecule has 0 aliphatic rings. The Morgan fingerprint density at radius 3 is 2.37 bits per heavy atom. The Balaban J connectivity index is 2.14. The molecule has 2 aromatic carbocycles. The maximum absolute atomic E-state index is 5.06. The van der Waals surface area contributed by atoms with Crippen LogP contribution in [0.15, 0.2) is 30.3 Å². The summed E-state index contributed by atoms with van der Waals surface area (Å²) in [5, 5.41) is 3.59. The minimum Gasteiger partial charge on any atom is -0.356 e. The zero-order chi connectivity index (χ0) is 19.6. The summed E-state index contributed by atoms with van der Waals surface area (Å²) in [4.78, 5) is 5.06. The number of unbranched alkanes of at least 4 members (excludes halogenated alkanes) is 2. The van der Waals surface area contributed by atoms with Gasteiger partial charge < -0.3 is 9.88 Å². The highest BCUT2D eigenvalue weighted by atomic mass is 15.2. The van der Waals surface area contributed by atoms with Crippen LogP contribution in [0, 0.1) is 20.8 Å². The molecule has 0 radical (unpaired) electrons. The molecule has 0 saturated heterocycles. The van der Waals surface area contributed by atoms with Crippen LogP contribution in [0.3, 0.4) is 0 Å². The van der Waals surface area contributed by atoms with Gasteiger partial charge in [0, 0.05) is 18.2 Å². The Bertz CT molecular complexity index is 911. The minimum absolute atomic E-state index is 0.360. The van der Waals surface area contributed by atoms with E-state index in [0.717, 1.165) is 18.0 Å². The van der Waals surface area contributed by atoms with E-state index in [0.29, 0.717) is 6.04 Å². The van der Waals surface area contributed by atoms with Crippen molar-refractivity contribution < 1.29 is 0 Å². The fraction of sp³-hybridized carbons (Fsp3) is 0.458. The number of benzene rings is 2. The third kappa shape index (κ3) is 3.87. The van der Waals surface area contributed by atoms with Crippen LogP contribution >= 0.6 is 0 Å². The second-order valence-electron chi connectivity index (χ2n) is 7.98. The van der Waals surface area contributed by atoms with Gasteiger partial charge in [0.15, 0.2) is 0 Å². The highest BCUT2D eigenvalue weighted by Gasteiger charge is 2.18. The third-order valence-corrected chi connectivity index (χ3v) is 5.25. The van der Waals surface area contributed by atoms with Crippen LogP contribution in [0.1, 0.15) is 62.8 Å². The molecule has 0 spiro atoms. The van der Waals surface area contributed by atoms with Crippen LogP contribution in [0.2, 0.25) is 0 Å². The van der Waals surface area contributed by atoms with Crippen molar-refractivity contribution in [2.45, 2.75) is 66.8 Å². The van der Waals surface area contributed by atoms with Crippen LogP contribution in [0.5, 0.6) is 0 Å². The first-order chi connectivity index (χ1) is 12.9. The van der Waals surface area contributed by atoms with E-state index in [-0.39, 0.29) is 0 Å². The van der Waals surface area contributed by atoms with Gasteiger partial charge in [-0.05, 0) is 63.8 Å². The highest BCUT2D eigenvalue weighted by molar-refractivity contribution is 5.95. The molecule has 3 rings (SSSR count). The van der Waals surface area contributed by atoms with E-state index in [4.69, 9.17) is 4.98 Å². The van der Waals surface area contributed by atoms with Crippen molar-refractivity contribution in [3.05, 3.63) is 47.0 Å². The van der Waals surface area contributed by atoms with E-state index >= 15 is 0 Å². The molecule has 0 saturated carbocycles. The standard InChI is InChI=1S/C24H33N3/c1-7-8-9-13-25-24-26-23-20(11-10-12-21(23)27(24)16(2)3)22-18(5)14-17(4)15-19(22)6/h10-12,14-16H,7-9,13H2,1-6H3,(H,25,26). The number of aromatic nitrogens is 2. The minimum atomic E-state index is 0.360. The Morgan fingerprint density at radius 1 is 1.04 bits per heavy atom. The van der Waals surface area contributed by atoms with Crippen molar-refractivity contribution in [2.24, 2.45) is 0 Å². The maximum Gasteiger partial charge on any atom is 0.204 e. The molecule has 0 amide bonds. The lowest BCUT2D eigenvalue weighted by Crippen LogP contribution is -2.10. The SMILES string of the molecule is CCCCCNc1nc2c(-c3c(C)cc(C)cc3C)cccc2n1C(C)C. The van der Waals surface area contributed by atoms with Crippen LogP contribution in [-0.4, -0.2) is 16.1 Å². The number of rotatable bonds is 7. The predicted octanol–water partition coefficient (Wildman–Crippen LogP) is 6.81. The largest absolute Gasteiger partial charge is 0.356 e. The monoisotopic (exact) mass is 363 g/mol. The van der Waals surface area contributed by atoms with Crippen molar-refractivity contribution in [3.8, 4) is 11.1 Å². The lowest BCUT2D eigenvalue weighted by Gasteiger charge is -2.15. The Morgan fingerprint density at radius 2 is 1.74 bits per heavy atom. The summed E-state index contributed by atoms with van der Waals surface area (Å²) in [6, 6.07) is 11.5. The summed E-state index contributed by atoms with van der Waals surface area (Å²) in [7, 11) is 0. The van der Waals surface area contributed by atoms with E-state index in [9.17, 15) is 0 Å². The van der Waals surface area contributed by atoms with Crippen LogP contribution < -0.4 is 5.32 Å². The molecule has 0 fully saturated rings. The quantitative estimate of drug-likeness (QED) is 0.467. The number of anilines is 1. The molecule has 0 bridgehead atoms. The fourth-order valence-electron chi connectivity index (χ4n) is 4.15. The van der Waals surface area contributed by atoms with Gasteiger partial charge in [-0.3, -0.25) is 0 Å². The zero-order valence-electron chi connectivity index (χ0n) is 17.7. The molecule has 0 unspecified atom stereocenters. The van der Waals surface area contributed by atoms with E-state index in [1.54, 1.807) is 0 Å². The number of fused-ring (bicyclic) bond motifs is 1. The van der Waals surface area contributed by atoms with Crippen LogP contribution in [-0.2, 0) is 0 Å². The van der Waals surface area contributed by atoms with Gasteiger partial charge in [-0.25, -0.2) is 4.98 Å². The molecule has 0 aliphatic carbocycles. The third-order valence-electron chi connectivity index (χ3n) is 5.25. The van der Waals surface area contributed by atoms with Gasteiger partial charge in [0.05, 0.1) is 11.0 Å². The number of nitrogens with one attached hydrogen (secondary N) is 1. The highest BCUT2D eigenvalue weighted by Crippen LogP contribution is 2.36. The average molecular weight is 364 g/mol. The molecular formula is C24H33N3. The lowest BCUT2D eigenvalue weighted by atomic mass is 9.93. The first-order valence-corrected chi connectivity index (χ1v) is 10.3. The molecule has 27 heavy (non-hydrogen) atoms. The number of imidazole rings is 1. The Labute approximate surface area is 163 Å². The summed E-state index contributed by atoms with van der Waals surface area (Å²) in [6.45, 7) is 14.2. The van der Waals surface area contributed by atoms with E-state index in [2.05, 4.69) is 81.8 Å². The van der Waals surface area contributed by atoms with Gasteiger partial charge in [0.2, 0.25) is 5.95 Å². The van der Waals surface area contributed by atoms with Crippen molar-refractivity contribution in [3.63, 3.8) is 0 Å². The second kappa shape index (κ2) is 8.16. The van der Waals surface area contributed by atoms with Crippen molar-refractivity contribution >= 4 is 17.0 Å². The molecule has 3 aromatic rings. The molecule has 1 N–H and O–H groups in total. The Kier molecular flexibility index (Phi) is 5.88. The summed E-state index contributed by atoms with van der Waals surface area (Å²) < 4.78 is 2.34. The molecule has 3 nitrogen and oxygen atoms in total. The van der Waals surface area contributed by atoms with Crippen LogP contribution in [0.4, 0.5) is 5.95 Å². The molecule has 3 heteroatoms. The summed E-state index contributed by atoms with van der Waals surface area (Å²) >= 11 is 0. The number of aryl methyl sites for hydroxylation is 3. The smallest absolute Gasteiger partial charge is 0.204 e. The van der Waals surface area contributed by atoms with Gasteiger partial charge >= 0.3 is 0 Å². The van der Waals surface area contributed by atoms with E-state index < -0.39 is 0 Å². The summed E-state index contributed by atoms with van der Waals surface area (Å²) in [5.74, 6) is 0.992. The summed E-state index contributed by atoms with van der Waals surface area (Å²) in [5.41, 5.74) is 8.80. The predicted molar refractivity (Wildman–Crippen MR) is 118 cm³/mol. The lowest BCUT2D eigenvalue weighted by molar-refractivity contribution is 0.620. The van der Waals surface area contributed by atoms with Crippen LogP contribution in [0.25, 0.3) is 22.2 Å². The zero-order valence-corrected chi connectivity index (χ0v) is 17.7. The maximum atomic E-state index is 5.06. The van der Waals surface area contributed by atoms with E-state index in [1.165, 1.54) is 52.6 Å². The number of hydrogen-bond acceptors (Lipinski definition) is 2. The van der Waals surface area contributed by atoms with Crippen molar-refractivity contribution in [1.29, 1.82) is 0 Å². The first kappa shape index (κ1) is 19.5. The topological polar surface area (TPSA) is 29.9 Å². The van der Waals surface area contributed by atoms with Gasteiger partial charge in [0.1, 0.15) is 0 Å². The Hall–Kier alpha value is -2.29. The number of para-hydroxylation sites is 1. The van der Waals surface area contributed by atoms with Gasteiger partial charge in [-0.15, -0.1) is 0 Å². The molecule has 1 aromatic heterocycles. The van der Waals surface area contributed by atoms with Crippen molar-refractivity contribution in [1.82, 2.24) is 9.55 Å². The van der Waals surface area contributed by atoms with Gasteiger partial charge in [-0.2, -0.15) is 0 Å². The number of hydrogen-bond donors (Lipinski definition) is 1. The summed E-state index contributed by atoms with van der Waals surface area (Å²) in [6.07, 6.45) is 3.67. The first-order valence-electron chi connectivity index (χ1n) is 10.3. The number of nitrogens with zero attached hydrogens (tertiary/aromatic N) is 2. The molecule has 0 atom stereocenters.